The molecule has 1 heterocycles. The molecule has 0 unspecified atom stereocenters. The first-order valence-corrected chi connectivity index (χ1v) is 12.1. The molecule has 0 aliphatic carbocycles. The van der Waals surface area contributed by atoms with E-state index in [-0.39, 0.29) is 41.6 Å². The number of amides is 1. The SMILES string of the molecule is CC(C)Oc1ccc(S(=O)(=O)N2CCOCC2)cc1NCC(=O)Nc1ccc(C#N)c(Cl)c1. The summed E-state index contributed by atoms with van der Waals surface area (Å²) in [5, 5.41) is 14.8. The molecule has 2 N–H and O–H groups in total. The number of hydrogen-bond acceptors (Lipinski definition) is 7. The third-order valence-corrected chi connectivity index (χ3v) is 6.94. The van der Waals surface area contributed by atoms with Crippen LogP contribution >= 0.6 is 11.6 Å². The molecular weight excluding hydrogens is 468 g/mol. The fourth-order valence-electron chi connectivity index (χ4n) is 3.16. The van der Waals surface area contributed by atoms with Crippen LogP contribution in [-0.2, 0) is 19.6 Å². The van der Waals surface area contributed by atoms with Crippen LogP contribution < -0.4 is 15.4 Å². The summed E-state index contributed by atoms with van der Waals surface area (Å²) in [6, 6.07) is 11.1. The van der Waals surface area contributed by atoms with Crippen molar-refractivity contribution >= 4 is 38.9 Å². The lowest BCUT2D eigenvalue weighted by atomic mass is 10.2. The largest absolute Gasteiger partial charge is 0.489 e. The van der Waals surface area contributed by atoms with Crippen molar-refractivity contribution in [2.45, 2.75) is 24.8 Å². The van der Waals surface area contributed by atoms with Gasteiger partial charge >= 0.3 is 0 Å². The summed E-state index contributed by atoms with van der Waals surface area (Å²) in [6.45, 7) is 4.81. The molecule has 176 valence electrons. The van der Waals surface area contributed by atoms with E-state index in [0.29, 0.717) is 35.9 Å². The molecule has 0 spiro atoms. The summed E-state index contributed by atoms with van der Waals surface area (Å²) >= 11 is 6.00. The first kappa shape index (κ1) is 24.8. The molecule has 1 amide bonds. The fraction of sp³-hybridized carbons (Fsp3) is 0.364. The minimum Gasteiger partial charge on any atom is -0.489 e. The summed E-state index contributed by atoms with van der Waals surface area (Å²) in [4.78, 5) is 12.6. The van der Waals surface area contributed by atoms with Gasteiger partial charge in [-0.05, 0) is 50.2 Å². The monoisotopic (exact) mass is 492 g/mol. The first-order chi connectivity index (χ1) is 15.7. The number of halogens is 1. The third-order valence-electron chi connectivity index (χ3n) is 4.73. The second kappa shape index (κ2) is 10.9. The predicted molar refractivity (Wildman–Crippen MR) is 125 cm³/mol. The van der Waals surface area contributed by atoms with Crippen molar-refractivity contribution in [2.75, 3.05) is 43.5 Å². The summed E-state index contributed by atoms with van der Waals surface area (Å²) < 4.78 is 38.4. The zero-order chi connectivity index (χ0) is 24.0. The van der Waals surface area contributed by atoms with Gasteiger partial charge in [0.2, 0.25) is 15.9 Å². The van der Waals surface area contributed by atoms with Gasteiger partial charge in [-0.2, -0.15) is 9.57 Å². The number of carbonyl (C=O) groups is 1. The van der Waals surface area contributed by atoms with Gasteiger partial charge < -0.3 is 20.1 Å². The van der Waals surface area contributed by atoms with Gasteiger partial charge in [0.1, 0.15) is 11.8 Å². The van der Waals surface area contributed by atoms with Crippen molar-refractivity contribution in [3.05, 3.63) is 47.0 Å². The lowest BCUT2D eigenvalue weighted by Gasteiger charge is -2.26. The number of nitrogens with zero attached hydrogens (tertiary/aromatic N) is 2. The van der Waals surface area contributed by atoms with Crippen molar-refractivity contribution in [3.8, 4) is 11.8 Å². The number of carbonyl (C=O) groups excluding carboxylic acids is 1. The Labute approximate surface area is 198 Å². The summed E-state index contributed by atoms with van der Waals surface area (Å²) in [5.41, 5.74) is 1.13. The molecule has 2 aromatic carbocycles. The highest BCUT2D eigenvalue weighted by molar-refractivity contribution is 7.89. The molecule has 2 aromatic rings. The Kier molecular flexibility index (Phi) is 8.15. The molecule has 0 bridgehead atoms. The average molecular weight is 493 g/mol. The van der Waals surface area contributed by atoms with Crippen LogP contribution in [0.1, 0.15) is 19.4 Å². The standard InChI is InChI=1S/C22H25ClN4O5S/c1-15(2)32-21-6-5-18(33(29,30)27-7-9-31-10-8-27)12-20(21)25-14-22(28)26-17-4-3-16(13-24)19(23)11-17/h3-6,11-12,15,25H,7-10,14H2,1-2H3,(H,26,28). The van der Waals surface area contributed by atoms with Crippen LogP contribution in [0.15, 0.2) is 41.3 Å². The number of benzene rings is 2. The van der Waals surface area contributed by atoms with Gasteiger partial charge in [-0.25, -0.2) is 8.42 Å². The lowest BCUT2D eigenvalue weighted by molar-refractivity contribution is -0.114. The molecule has 0 saturated carbocycles. The second-order valence-electron chi connectivity index (χ2n) is 7.55. The van der Waals surface area contributed by atoms with E-state index in [2.05, 4.69) is 10.6 Å². The van der Waals surface area contributed by atoms with E-state index < -0.39 is 10.0 Å². The maximum Gasteiger partial charge on any atom is 0.243 e. The fourth-order valence-corrected chi connectivity index (χ4v) is 4.82. The topological polar surface area (TPSA) is 121 Å². The third kappa shape index (κ3) is 6.36. The molecule has 0 radical (unpaired) electrons. The molecule has 1 fully saturated rings. The van der Waals surface area contributed by atoms with Crippen molar-refractivity contribution in [1.82, 2.24) is 4.31 Å². The van der Waals surface area contributed by atoms with Gasteiger partial charge in [-0.3, -0.25) is 4.79 Å². The highest BCUT2D eigenvalue weighted by atomic mass is 35.5. The Bertz CT molecular complexity index is 1160. The zero-order valence-corrected chi connectivity index (χ0v) is 19.9. The van der Waals surface area contributed by atoms with E-state index in [1.165, 1.54) is 28.6 Å². The maximum atomic E-state index is 13.0. The minimum atomic E-state index is -3.71. The normalized spacial score (nSPS) is 14.5. The van der Waals surface area contributed by atoms with E-state index in [4.69, 9.17) is 26.3 Å². The Hall–Kier alpha value is -2.84. The number of rotatable bonds is 8. The number of morpholine rings is 1. The summed E-state index contributed by atoms with van der Waals surface area (Å²) in [7, 11) is -3.71. The van der Waals surface area contributed by atoms with Gasteiger partial charge in [0, 0.05) is 18.8 Å². The maximum absolute atomic E-state index is 13.0. The van der Waals surface area contributed by atoms with Crippen molar-refractivity contribution in [3.63, 3.8) is 0 Å². The highest BCUT2D eigenvalue weighted by Crippen LogP contribution is 2.30. The lowest BCUT2D eigenvalue weighted by Crippen LogP contribution is -2.40. The van der Waals surface area contributed by atoms with Gasteiger partial charge in [0.25, 0.3) is 0 Å². The predicted octanol–water partition coefficient (Wildman–Crippen LogP) is 3.07. The Balaban J connectivity index is 1.77. The van der Waals surface area contributed by atoms with Gasteiger partial charge in [-0.1, -0.05) is 11.6 Å². The minimum absolute atomic E-state index is 0.0993. The van der Waals surface area contributed by atoms with Crippen LogP contribution in [0, 0.1) is 11.3 Å². The molecule has 11 heteroatoms. The molecule has 1 aliphatic rings. The molecular formula is C22H25ClN4O5S. The van der Waals surface area contributed by atoms with E-state index >= 15 is 0 Å². The summed E-state index contributed by atoms with van der Waals surface area (Å²) in [6.07, 6.45) is -0.151. The molecule has 33 heavy (non-hydrogen) atoms. The van der Waals surface area contributed by atoms with Crippen LogP contribution in [0.5, 0.6) is 5.75 Å². The summed E-state index contributed by atoms with van der Waals surface area (Å²) in [5.74, 6) is 0.0489. The van der Waals surface area contributed by atoms with Crippen LogP contribution in [-0.4, -0.2) is 57.6 Å². The second-order valence-corrected chi connectivity index (χ2v) is 9.89. The molecule has 1 aliphatic heterocycles. The Morgan fingerprint density at radius 1 is 1.24 bits per heavy atom. The van der Waals surface area contributed by atoms with Crippen LogP contribution in [0.25, 0.3) is 0 Å². The van der Waals surface area contributed by atoms with E-state index in [0.717, 1.165) is 0 Å². The van der Waals surface area contributed by atoms with E-state index in [1.807, 2.05) is 19.9 Å². The first-order valence-electron chi connectivity index (χ1n) is 10.3. The number of hydrogen-bond donors (Lipinski definition) is 2. The Morgan fingerprint density at radius 2 is 1.97 bits per heavy atom. The van der Waals surface area contributed by atoms with Crippen LogP contribution in [0.2, 0.25) is 5.02 Å². The Morgan fingerprint density at radius 3 is 2.61 bits per heavy atom. The van der Waals surface area contributed by atoms with E-state index in [9.17, 15) is 13.2 Å². The molecule has 9 nitrogen and oxygen atoms in total. The van der Waals surface area contributed by atoms with E-state index in [1.54, 1.807) is 12.1 Å². The number of ether oxygens (including phenoxy) is 2. The quantitative estimate of drug-likeness (QED) is 0.580. The number of nitrogens with one attached hydrogen (secondary N) is 2. The van der Waals surface area contributed by atoms with Gasteiger partial charge in [0.05, 0.1) is 47.0 Å². The number of anilines is 2. The number of nitriles is 1. The van der Waals surface area contributed by atoms with Crippen LogP contribution in [0.3, 0.4) is 0 Å². The van der Waals surface area contributed by atoms with Gasteiger partial charge in [-0.15, -0.1) is 0 Å². The molecule has 3 rings (SSSR count). The van der Waals surface area contributed by atoms with Crippen molar-refractivity contribution in [1.29, 1.82) is 5.26 Å². The highest BCUT2D eigenvalue weighted by Gasteiger charge is 2.27. The molecule has 1 saturated heterocycles. The number of sulfonamides is 1. The smallest absolute Gasteiger partial charge is 0.243 e. The molecule has 0 aromatic heterocycles. The zero-order valence-electron chi connectivity index (χ0n) is 18.3. The molecule has 0 atom stereocenters. The van der Waals surface area contributed by atoms with Crippen molar-refractivity contribution in [2.24, 2.45) is 0 Å². The average Bonchev–Trinajstić information content (AvgIpc) is 2.78. The van der Waals surface area contributed by atoms with Gasteiger partial charge in [0.15, 0.2) is 0 Å². The van der Waals surface area contributed by atoms with Crippen molar-refractivity contribution < 1.29 is 22.7 Å². The van der Waals surface area contributed by atoms with Crippen LogP contribution in [0.4, 0.5) is 11.4 Å².